The summed E-state index contributed by atoms with van der Waals surface area (Å²) in [5.41, 5.74) is 2.60. The van der Waals surface area contributed by atoms with Crippen molar-refractivity contribution in [3.63, 3.8) is 0 Å². The molecule has 27 heavy (non-hydrogen) atoms. The smallest absolute Gasteiger partial charge is 0.339 e. The molecule has 0 aromatic heterocycles. The lowest BCUT2D eigenvalue weighted by atomic mass is 9.91. The van der Waals surface area contributed by atoms with Gasteiger partial charge in [0.1, 0.15) is 6.10 Å². The van der Waals surface area contributed by atoms with Crippen LogP contribution in [0.3, 0.4) is 0 Å². The Bertz CT molecular complexity index is 815. The summed E-state index contributed by atoms with van der Waals surface area (Å²) in [6.07, 6.45) is 3.24. The van der Waals surface area contributed by atoms with Gasteiger partial charge in [-0.3, -0.25) is 4.90 Å². The fraction of sp³-hybridized carbons (Fsp3) is 0.409. The largest absolute Gasteiger partial charge is 0.493 e. The quantitative estimate of drug-likeness (QED) is 0.743. The average molecular weight is 367 g/mol. The monoisotopic (exact) mass is 367 g/mol. The predicted octanol–water partition coefficient (Wildman–Crippen LogP) is 4.14. The first-order chi connectivity index (χ1) is 13.2. The number of piperidine rings is 1. The molecule has 5 nitrogen and oxygen atoms in total. The maximum atomic E-state index is 12.6. The molecule has 0 radical (unpaired) electrons. The number of fused-ring (bicyclic) bond motifs is 1. The number of cyclic esters (lactones) is 1. The first kappa shape index (κ1) is 17.9. The molecule has 2 unspecified atom stereocenters. The van der Waals surface area contributed by atoms with Crippen molar-refractivity contribution >= 4 is 5.97 Å². The molecule has 0 N–H and O–H groups in total. The summed E-state index contributed by atoms with van der Waals surface area (Å²) in [6, 6.07) is 13.9. The van der Waals surface area contributed by atoms with Gasteiger partial charge < -0.3 is 14.2 Å². The summed E-state index contributed by atoms with van der Waals surface area (Å²) in [5.74, 6) is 0.863. The molecule has 2 aliphatic heterocycles. The van der Waals surface area contributed by atoms with E-state index in [4.69, 9.17) is 14.2 Å². The average Bonchev–Trinajstić information content (AvgIpc) is 3.04. The normalized spacial score (nSPS) is 20.7. The maximum absolute atomic E-state index is 12.6. The molecule has 0 spiro atoms. The summed E-state index contributed by atoms with van der Waals surface area (Å²) in [4.78, 5) is 15.1. The summed E-state index contributed by atoms with van der Waals surface area (Å²) in [6.45, 7) is 2.02. The molecular formula is C22H25NO4. The van der Waals surface area contributed by atoms with Crippen LogP contribution in [-0.2, 0) is 4.74 Å². The van der Waals surface area contributed by atoms with Crippen LogP contribution in [0.1, 0.15) is 52.9 Å². The van der Waals surface area contributed by atoms with Crippen LogP contribution in [0.25, 0.3) is 0 Å². The van der Waals surface area contributed by atoms with E-state index in [2.05, 4.69) is 17.0 Å². The number of rotatable bonds is 5. The first-order valence-electron chi connectivity index (χ1n) is 9.49. The van der Waals surface area contributed by atoms with Gasteiger partial charge in [-0.25, -0.2) is 4.79 Å². The number of hydrogen-bond donors (Lipinski definition) is 0. The second-order valence-corrected chi connectivity index (χ2v) is 7.07. The van der Waals surface area contributed by atoms with E-state index < -0.39 is 0 Å². The van der Waals surface area contributed by atoms with Gasteiger partial charge in [-0.1, -0.05) is 36.8 Å². The molecule has 0 bridgehead atoms. The van der Waals surface area contributed by atoms with Crippen molar-refractivity contribution in [2.75, 3.05) is 27.3 Å². The molecule has 2 atom stereocenters. The highest BCUT2D eigenvalue weighted by atomic mass is 16.6. The highest BCUT2D eigenvalue weighted by molar-refractivity contribution is 5.95. The van der Waals surface area contributed by atoms with E-state index in [0.717, 1.165) is 18.7 Å². The standard InChI is InChI=1S/C22H25NO4/c1-25-18-13-16-17(14-19(18)26-2)22(24)27-21(16)20(15-9-5-3-6-10-15)23-11-7-4-8-12-23/h3,5-6,9-10,13-14,20-21H,4,7-8,11-12H2,1-2H3. The van der Waals surface area contributed by atoms with Crippen LogP contribution in [0, 0.1) is 0 Å². The second-order valence-electron chi connectivity index (χ2n) is 7.07. The number of likely N-dealkylation sites (tertiary alicyclic amines) is 1. The van der Waals surface area contributed by atoms with E-state index in [1.165, 1.54) is 24.8 Å². The minimum Gasteiger partial charge on any atom is -0.493 e. The lowest BCUT2D eigenvalue weighted by Gasteiger charge is -2.37. The van der Waals surface area contributed by atoms with E-state index in [1.54, 1.807) is 20.3 Å². The van der Waals surface area contributed by atoms with E-state index in [-0.39, 0.29) is 18.1 Å². The van der Waals surface area contributed by atoms with Gasteiger partial charge in [0.15, 0.2) is 11.5 Å². The lowest BCUT2D eigenvalue weighted by Crippen LogP contribution is -2.37. The van der Waals surface area contributed by atoms with Crippen molar-refractivity contribution in [2.24, 2.45) is 0 Å². The van der Waals surface area contributed by atoms with Crippen molar-refractivity contribution in [3.8, 4) is 11.5 Å². The topological polar surface area (TPSA) is 48.0 Å². The Morgan fingerprint density at radius 2 is 1.67 bits per heavy atom. The molecule has 2 aromatic carbocycles. The number of methoxy groups -OCH3 is 2. The van der Waals surface area contributed by atoms with Crippen LogP contribution < -0.4 is 9.47 Å². The van der Waals surface area contributed by atoms with Crippen LogP contribution in [-0.4, -0.2) is 38.2 Å². The number of carbonyl (C=O) groups is 1. The SMILES string of the molecule is COc1cc2c(cc1OC)C(C(c1ccccc1)N1CCCCC1)OC2=O. The number of esters is 1. The van der Waals surface area contributed by atoms with Gasteiger partial charge in [0, 0.05) is 5.56 Å². The minimum atomic E-state index is -0.354. The lowest BCUT2D eigenvalue weighted by molar-refractivity contribution is 0.00200. The zero-order chi connectivity index (χ0) is 18.8. The third kappa shape index (κ3) is 3.28. The van der Waals surface area contributed by atoms with Crippen molar-refractivity contribution in [1.82, 2.24) is 4.90 Å². The Hall–Kier alpha value is -2.53. The Labute approximate surface area is 159 Å². The van der Waals surface area contributed by atoms with Gasteiger partial charge in [-0.2, -0.15) is 0 Å². The third-order valence-electron chi connectivity index (χ3n) is 5.53. The summed E-state index contributed by atoms with van der Waals surface area (Å²) < 4.78 is 16.7. The Balaban J connectivity index is 1.79. The van der Waals surface area contributed by atoms with Crippen LogP contribution in [0.2, 0.25) is 0 Å². The number of benzene rings is 2. The number of ether oxygens (including phenoxy) is 3. The van der Waals surface area contributed by atoms with Crippen molar-refractivity contribution < 1.29 is 19.0 Å². The van der Waals surface area contributed by atoms with Crippen LogP contribution in [0.15, 0.2) is 42.5 Å². The van der Waals surface area contributed by atoms with Crippen LogP contribution >= 0.6 is 0 Å². The Kier molecular flexibility index (Phi) is 5.03. The van der Waals surface area contributed by atoms with Gasteiger partial charge in [0.25, 0.3) is 0 Å². The highest BCUT2D eigenvalue weighted by Crippen LogP contribution is 2.46. The van der Waals surface area contributed by atoms with Gasteiger partial charge in [0.2, 0.25) is 0 Å². The van der Waals surface area contributed by atoms with E-state index >= 15 is 0 Å². The molecule has 0 amide bonds. The zero-order valence-corrected chi connectivity index (χ0v) is 15.8. The Morgan fingerprint density at radius 1 is 1.00 bits per heavy atom. The molecule has 2 aliphatic rings. The van der Waals surface area contributed by atoms with Crippen molar-refractivity contribution in [1.29, 1.82) is 0 Å². The molecule has 4 rings (SSSR count). The second kappa shape index (κ2) is 7.61. The summed E-state index contributed by atoms with van der Waals surface area (Å²) in [7, 11) is 3.18. The third-order valence-corrected chi connectivity index (χ3v) is 5.53. The minimum absolute atomic E-state index is 0.00481. The van der Waals surface area contributed by atoms with Crippen LogP contribution in [0.4, 0.5) is 0 Å². The maximum Gasteiger partial charge on any atom is 0.339 e. The molecule has 0 saturated carbocycles. The molecule has 1 fully saturated rings. The fourth-order valence-electron chi connectivity index (χ4n) is 4.21. The molecule has 1 saturated heterocycles. The van der Waals surface area contributed by atoms with E-state index in [0.29, 0.717) is 17.1 Å². The van der Waals surface area contributed by atoms with Crippen molar-refractivity contribution in [2.45, 2.75) is 31.4 Å². The van der Waals surface area contributed by atoms with E-state index in [9.17, 15) is 4.79 Å². The van der Waals surface area contributed by atoms with Gasteiger partial charge >= 0.3 is 5.97 Å². The molecule has 5 heteroatoms. The number of hydrogen-bond acceptors (Lipinski definition) is 5. The Morgan fingerprint density at radius 3 is 2.33 bits per heavy atom. The highest BCUT2D eigenvalue weighted by Gasteiger charge is 2.41. The fourth-order valence-corrected chi connectivity index (χ4v) is 4.21. The van der Waals surface area contributed by atoms with Crippen molar-refractivity contribution in [3.05, 3.63) is 59.2 Å². The molecule has 2 heterocycles. The number of carbonyl (C=O) groups excluding carboxylic acids is 1. The molecule has 2 aromatic rings. The van der Waals surface area contributed by atoms with Gasteiger partial charge in [-0.05, 0) is 43.6 Å². The van der Waals surface area contributed by atoms with Gasteiger partial charge in [0.05, 0.1) is 25.8 Å². The predicted molar refractivity (Wildman–Crippen MR) is 102 cm³/mol. The first-order valence-corrected chi connectivity index (χ1v) is 9.49. The summed E-state index contributed by atoms with van der Waals surface area (Å²) >= 11 is 0. The summed E-state index contributed by atoms with van der Waals surface area (Å²) in [5, 5.41) is 0. The van der Waals surface area contributed by atoms with Crippen LogP contribution in [0.5, 0.6) is 11.5 Å². The molecule has 142 valence electrons. The van der Waals surface area contributed by atoms with E-state index in [1.807, 2.05) is 24.3 Å². The molecular weight excluding hydrogens is 342 g/mol. The molecule has 0 aliphatic carbocycles. The van der Waals surface area contributed by atoms with Gasteiger partial charge in [-0.15, -0.1) is 0 Å². The zero-order valence-electron chi connectivity index (χ0n) is 15.8. The number of nitrogens with zero attached hydrogens (tertiary/aromatic N) is 1.